The zero-order valence-corrected chi connectivity index (χ0v) is 30.1. The van der Waals surface area contributed by atoms with Gasteiger partial charge in [-0.15, -0.1) is 45.3 Å². The van der Waals surface area contributed by atoms with Crippen LogP contribution in [0.5, 0.6) is 0 Å². The van der Waals surface area contributed by atoms with E-state index in [1.807, 2.05) is 22.7 Å². The Hall–Kier alpha value is -5.10. The monoisotopic (exact) mass is 708 g/mol. The van der Waals surface area contributed by atoms with Gasteiger partial charge in [0.25, 0.3) is 0 Å². The molecule has 0 aliphatic carbocycles. The third-order valence-corrected chi connectivity index (χ3v) is 13.7. The Kier molecular flexibility index (Phi) is 7.35. The fourth-order valence-corrected chi connectivity index (χ4v) is 10.7. The van der Waals surface area contributed by atoms with E-state index in [-0.39, 0.29) is 0 Å². The Bertz CT molecular complexity index is 2550. The van der Waals surface area contributed by atoms with Crippen LogP contribution in [-0.4, -0.2) is 0 Å². The summed E-state index contributed by atoms with van der Waals surface area (Å²) in [5.41, 5.74) is 12.5. The molecule has 0 aliphatic heterocycles. The third kappa shape index (κ3) is 5.51. The third-order valence-electron chi connectivity index (χ3n) is 9.55. The van der Waals surface area contributed by atoms with Crippen molar-refractivity contribution >= 4 is 74.9 Å². The molecule has 0 spiro atoms. The summed E-state index contributed by atoms with van der Waals surface area (Å²) in [7, 11) is 0. The first-order valence-corrected chi connectivity index (χ1v) is 20.0. The van der Waals surface area contributed by atoms with Gasteiger partial charge in [-0.2, -0.15) is 0 Å². The molecule has 10 rings (SSSR count). The number of fused-ring (bicyclic) bond motifs is 3. The maximum Gasteiger partial charge on any atom is 0.0463 e. The van der Waals surface area contributed by atoms with Gasteiger partial charge in [0.15, 0.2) is 0 Å². The van der Waals surface area contributed by atoms with E-state index in [0.717, 1.165) is 0 Å². The summed E-state index contributed by atoms with van der Waals surface area (Å²) in [4.78, 5) is 2.63. The molecule has 50 heavy (non-hydrogen) atoms. The minimum Gasteiger partial charge on any atom is -0.144 e. The van der Waals surface area contributed by atoms with E-state index in [1.54, 1.807) is 22.7 Å². The van der Waals surface area contributed by atoms with Crippen LogP contribution in [0.15, 0.2) is 168 Å². The predicted molar refractivity (Wildman–Crippen MR) is 223 cm³/mol. The van der Waals surface area contributed by atoms with Crippen molar-refractivity contribution in [3.05, 3.63) is 168 Å². The van der Waals surface area contributed by atoms with Crippen molar-refractivity contribution in [1.82, 2.24) is 0 Å². The molecule has 0 bridgehead atoms. The largest absolute Gasteiger partial charge is 0.144 e. The van der Waals surface area contributed by atoms with Gasteiger partial charge in [-0.3, -0.25) is 0 Å². The maximum absolute atomic E-state index is 2.36. The van der Waals surface area contributed by atoms with E-state index in [1.165, 1.54) is 95.0 Å². The average molecular weight is 709 g/mol. The van der Waals surface area contributed by atoms with Crippen LogP contribution in [0.25, 0.3) is 95.0 Å². The molecule has 0 fully saturated rings. The minimum atomic E-state index is 1.24. The van der Waals surface area contributed by atoms with E-state index in [0.29, 0.717) is 0 Å². The molecule has 4 heteroatoms. The smallest absolute Gasteiger partial charge is 0.0463 e. The molecular formula is C46H28S4. The van der Waals surface area contributed by atoms with Crippen molar-refractivity contribution in [2.75, 3.05) is 0 Å². The molecule has 10 aromatic rings. The Morgan fingerprint density at radius 3 is 0.900 bits per heavy atom. The van der Waals surface area contributed by atoms with Gasteiger partial charge in [0, 0.05) is 28.6 Å². The molecule has 6 aromatic carbocycles. The molecule has 0 radical (unpaired) electrons. The molecule has 0 saturated carbocycles. The SMILES string of the molecule is c1cc2cc(-c3ccc(-c4ccc(-c5cc6sc(-c7ccc(-c8ccc(-c9ccc%10sccc%10c9)cc8)cc7)cc6s5)cc4)cc3)ccc2s1. The normalized spacial score (nSPS) is 11.6. The number of benzene rings is 6. The number of hydrogen-bond acceptors (Lipinski definition) is 4. The quantitative estimate of drug-likeness (QED) is 0.161. The standard InChI is InChI=1S/C46H28S4/c1-5-33(37-17-19-41-39(25-37)21-23-47-41)6-2-29(1)31-9-13-35(14-10-31)43-27-45-46(49-43)28-44(50-45)36-15-11-32(12-16-36)30-3-7-34(8-4-30)38-18-20-42-40(26-38)22-24-48-42/h1-28H. The van der Waals surface area contributed by atoms with Crippen molar-refractivity contribution in [3.63, 3.8) is 0 Å². The van der Waals surface area contributed by atoms with E-state index < -0.39 is 0 Å². The fourth-order valence-electron chi connectivity index (χ4n) is 6.78. The lowest BCUT2D eigenvalue weighted by Gasteiger charge is -2.07. The summed E-state index contributed by atoms with van der Waals surface area (Å²) in [5.74, 6) is 0. The van der Waals surface area contributed by atoms with Crippen molar-refractivity contribution in [2.24, 2.45) is 0 Å². The van der Waals surface area contributed by atoms with E-state index in [4.69, 9.17) is 0 Å². The van der Waals surface area contributed by atoms with E-state index in [2.05, 4.69) is 168 Å². The lowest BCUT2D eigenvalue weighted by molar-refractivity contribution is 1.60. The number of hydrogen-bond donors (Lipinski definition) is 0. The van der Waals surface area contributed by atoms with Crippen molar-refractivity contribution in [2.45, 2.75) is 0 Å². The molecule has 0 nitrogen and oxygen atoms in total. The Labute approximate surface area is 306 Å². The molecule has 236 valence electrons. The zero-order chi connectivity index (χ0) is 33.0. The summed E-state index contributed by atoms with van der Waals surface area (Å²) in [6, 6.07) is 58.5. The Morgan fingerprint density at radius 1 is 0.240 bits per heavy atom. The van der Waals surface area contributed by atoms with E-state index in [9.17, 15) is 0 Å². The summed E-state index contributed by atoms with van der Waals surface area (Å²) in [5, 5.41) is 6.94. The molecule has 0 N–H and O–H groups in total. The first kappa shape index (κ1) is 29.8. The van der Waals surface area contributed by atoms with Crippen molar-refractivity contribution < 1.29 is 0 Å². The summed E-state index contributed by atoms with van der Waals surface area (Å²) >= 11 is 7.35. The molecule has 0 atom stereocenters. The highest BCUT2D eigenvalue weighted by Gasteiger charge is 2.11. The fraction of sp³-hybridized carbons (Fsp3) is 0. The van der Waals surface area contributed by atoms with Crippen molar-refractivity contribution in [1.29, 1.82) is 0 Å². The van der Waals surface area contributed by atoms with Gasteiger partial charge in [-0.25, -0.2) is 0 Å². The first-order valence-electron chi connectivity index (χ1n) is 16.6. The second kappa shape index (κ2) is 12.3. The van der Waals surface area contributed by atoms with Gasteiger partial charge in [0.2, 0.25) is 0 Å². The minimum absolute atomic E-state index is 1.24. The number of thiophene rings is 4. The molecule has 4 heterocycles. The van der Waals surface area contributed by atoms with E-state index >= 15 is 0 Å². The second-order valence-corrected chi connectivity index (χ2v) is 16.7. The van der Waals surface area contributed by atoms with Crippen LogP contribution in [0.4, 0.5) is 0 Å². The van der Waals surface area contributed by atoms with Gasteiger partial charge in [0.05, 0.1) is 0 Å². The zero-order valence-electron chi connectivity index (χ0n) is 26.8. The van der Waals surface area contributed by atoms with Crippen LogP contribution in [0.2, 0.25) is 0 Å². The van der Waals surface area contributed by atoms with Gasteiger partial charge in [-0.05, 0) is 126 Å². The predicted octanol–water partition coefficient (Wildman–Crippen LogP) is 15.4. The summed E-state index contributed by atoms with van der Waals surface area (Å²) in [6.07, 6.45) is 0. The average Bonchev–Trinajstić information content (AvgIpc) is 3.99. The van der Waals surface area contributed by atoms with Gasteiger partial charge in [0.1, 0.15) is 0 Å². The van der Waals surface area contributed by atoms with Gasteiger partial charge >= 0.3 is 0 Å². The first-order chi connectivity index (χ1) is 24.7. The van der Waals surface area contributed by atoms with Crippen LogP contribution in [-0.2, 0) is 0 Å². The lowest BCUT2D eigenvalue weighted by atomic mass is 9.99. The van der Waals surface area contributed by atoms with Crippen LogP contribution < -0.4 is 0 Å². The highest BCUT2D eigenvalue weighted by molar-refractivity contribution is 7.31. The van der Waals surface area contributed by atoms with Gasteiger partial charge in [-0.1, -0.05) is 109 Å². The molecule has 0 unspecified atom stereocenters. The second-order valence-electron chi connectivity index (χ2n) is 12.6. The lowest BCUT2D eigenvalue weighted by Crippen LogP contribution is -1.81. The molecule has 0 saturated heterocycles. The van der Waals surface area contributed by atoms with Gasteiger partial charge < -0.3 is 0 Å². The summed E-state index contributed by atoms with van der Waals surface area (Å²) in [6.45, 7) is 0. The highest BCUT2D eigenvalue weighted by Crippen LogP contribution is 2.42. The molecule has 4 aromatic heterocycles. The summed E-state index contributed by atoms with van der Waals surface area (Å²) < 4.78 is 5.37. The van der Waals surface area contributed by atoms with Crippen molar-refractivity contribution in [3.8, 4) is 65.4 Å². The number of rotatable bonds is 6. The maximum atomic E-state index is 2.36. The topological polar surface area (TPSA) is 0 Å². The van der Waals surface area contributed by atoms with Crippen LogP contribution in [0.1, 0.15) is 0 Å². The van der Waals surface area contributed by atoms with Crippen LogP contribution >= 0.6 is 45.3 Å². The molecule has 0 aliphatic rings. The van der Waals surface area contributed by atoms with Crippen LogP contribution in [0.3, 0.4) is 0 Å². The molecule has 0 amide bonds. The Morgan fingerprint density at radius 2 is 0.540 bits per heavy atom. The molecular weight excluding hydrogens is 681 g/mol. The van der Waals surface area contributed by atoms with Crippen LogP contribution in [0, 0.1) is 0 Å². The highest BCUT2D eigenvalue weighted by atomic mass is 32.1. The Balaban J connectivity index is 0.830.